The molecule has 1 N–H and O–H groups in total. The number of hydrogen-bond acceptors (Lipinski definition) is 4. The molecule has 0 radical (unpaired) electrons. The van der Waals surface area contributed by atoms with E-state index in [0.29, 0.717) is 19.4 Å². The third kappa shape index (κ3) is 3.71. The molecule has 1 aliphatic heterocycles. The van der Waals surface area contributed by atoms with Gasteiger partial charge in [0.15, 0.2) is 0 Å². The average Bonchev–Trinajstić information content (AvgIpc) is 2.36. The molecule has 1 saturated heterocycles. The van der Waals surface area contributed by atoms with Crippen LogP contribution in [0.15, 0.2) is 18.2 Å². The molecule has 1 unspecified atom stereocenters. The summed E-state index contributed by atoms with van der Waals surface area (Å²) in [5.74, 6) is -0.480. The van der Waals surface area contributed by atoms with Crippen LogP contribution in [0, 0.1) is 10.1 Å². The van der Waals surface area contributed by atoms with Crippen LogP contribution < -0.4 is 5.32 Å². The van der Waals surface area contributed by atoms with Crippen molar-refractivity contribution >= 4 is 23.2 Å². The van der Waals surface area contributed by atoms with E-state index in [-0.39, 0.29) is 27.9 Å². The van der Waals surface area contributed by atoms with Crippen LogP contribution in [0.25, 0.3) is 0 Å². The number of amides is 1. The van der Waals surface area contributed by atoms with Crippen LogP contribution in [0.2, 0.25) is 5.02 Å². The lowest BCUT2D eigenvalue weighted by Crippen LogP contribution is -2.45. The standard InChI is InChI=1S/C14H17ClN2O4/c1-14(2)8-9(6-7-21-14)16-13(18)10-4-3-5-11(15)12(10)17(19)20/h3-5,9H,6-8H2,1-2H3,(H,16,18). The number of carbonyl (C=O) groups excluding carboxylic acids is 1. The first kappa shape index (κ1) is 15.7. The minimum Gasteiger partial charge on any atom is -0.375 e. The van der Waals surface area contributed by atoms with Crippen LogP contribution in [0.1, 0.15) is 37.0 Å². The molecule has 2 rings (SSSR count). The Morgan fingerprint density at radius 1 is 1.52 bits per heavy atom. The molecular formula is C14H17ClN2O4. The van der Waals surface area contributed by atoms with Gasteiger partial charge in [-0.1, -0.05) is 17.7 Å². The van der Waals surface area contributed by atoms with Crippen molar-refractivity contribution < 1.29 is 14.5 Å². The summed E-state index contributed by atoms with van der Waals surface area (Å²) in [5.41, 5.74) is -0.684. The largest absolute Gasteiger partial charge is 0.375 e. The number of rotatable bonds is 3. The predicted octanol–water partition coefficient (Wildman–Crippen LogP) is 2.94. The Hall–Kier alpha value is -1.66. The van der Waals surface area contributed by atoms with Gasteiger partial charge in [0.1, 0.15) is 10.6 Å². The van der Waals surface area contributed by atoms with E-state index in [1.807, 2.05) is 13.8 Å². The number of carbonyl (C=O) groups is 1. The average molecular weight is 313 g/mol. The van der Waals surface area contributed by atoms with Crippen molar-refractivity contribution in [1.29, 1.82) is 0 Å². The zero-order valence-corrected chi connectivity index (χ0v) is 12.6. The third-order valence-corrected chi connectivity index (χ3v) is 3.75. The van der Waals surface area contributed by atoms with Gasteiger partial charge >= 0.3 is 5.69 Å². The zero-order chi connectivity index (χ0) is 15.6. The van der Waals surface area contributed by atoms with Gasteiger partial charge in [-0.15, -0.1) is 0 Å². The number of ether oxygens (including phenoxy) is 1. The first-order valence-electron chi connectivity index (χ1n) is 6.68. The summed E-state index contributed by atoms with van der Waals surface area (Å²) in [6.07, 6.45) is 1.34. The van der Waals surface area contributed by atoms with E-state index in [9.17, 15) is 14.9 Å². The van der Waals surface area contributed by atoms with E-state index in [1.165, 1.54) is 18.2 Å². The number of nitrogens with one attached hydrogen (secondary N) is 1. The van der Waals surface area contributed by atoms with E-state index in [0.717, 1.165) is 0 Å². The highest BCUT2D eigenvalue weighted by Gasteiger charge is 2.31. The third-order valence-electron chi connectivity index (χ3n) is 3.45. The van der Waals surface area contributed by atoms with Gasteiger partial charge in [-0.25, -0.2) is 0 Å². The molecule has 1 aromatic rings. The van der Waals surface area contributed by atoms with Gasteiger partial charge in [-0.05, 0) is 38.8 Å². The van der Waals surface area contributed by atoms with Gasteiger partial charge < -0.3 is 10.1 Å². The molecule has 0 aromatic heterocycles. The Morgan fingerprint density at radius 3 is 2.86 bits per heavy atom. The molecule has 0 spiro atoms. The van der Waals surface area contributed by atoms with E-state index in [2.05, 4.69) is 5.32 Å². The van der Waals surface area contributed by atoms with Crippen molar-refractivity contribution in [3.8, 4) is 0 Å². The SMILES string of the molecule is CC1(C)CC(NC(=O)c2cccc(Cl)c2[N+](=O)[O-])CCO1. The molecule has 7 heteroatoms. The van der Waals surface area contributed by atoms with Crippen LogP contribution in [-0.4, -0.2) is 29.1 Å². The maximum atomic E-state index is 12.3. The maximum Gasteiger partial charge on any atom is 0.300 e. The van der Waals surface area contributed by atoms with E-state index in [4.69, 9.17) is 16.3 Å². The lowest BCUT2D eigenvalue weighted by atomic mass is 9.93. The van der Waals surface area contributed by atoms with Crippen LogP contribution in [0.4, 0.5) is 5.69 Å². The highest BCUT2D eigenvalue weighted by Crippen LogP contribution is 2.29. The number of benzene rings is 1. The lowest BCUT2D eigenvalue weighted by Gasteiger charge is -2.35. The normalized spacial score (nSPS) is 20.8. The molecule has 1 aliphatic rings. The lowest BCUT2D eigenvalue weighted by molar-refractivity contribution is -0.385. The summed E-state index contributed by atoms with van der Waals surface area (Å²) >= 11 is 5.81. The summed E-state index contributed by atoms with van der Waals surface area (Å²) in [6, 6.07) is 4.26. The fraction of sp³-hybridized carbons (Fsp3) is 0.500. The zero-order valence-electron chi connectivity index (χ0n) is 11.9. The van der Waals surface area contributed by atoms with Crippen molar-refractivity contribution in [2.75, 3.05) is 6.61 Å². The summed E-state index contributed by atoms with van der Waals surface area (Å²) in [7, 11) is 0. The summed E-state index contributed by atoms with van der Waals surface area (Å²) in [6.45, 7) is 4.45. The van der Waals surface area contributed by atoms with E-state index >= 15 is 0 Å². The van der Waals surface area contributed by atoms with Gasteiger partial charge in [0.25, 0.3) is 5.91 Å². The number of nitro benzene ring substituents is 1. The van der Waals surface area contributed by atoms with Crippen LogP contribution in [0.3, 0.4) is 0 Å². The smallest absolute Gasteiger partial charge is 0.300 e. The molecule has 1 fully saturated rings. The molecule has 1 atom stereocenters. The Balaban J connectivity index is 2.18. The quantitative estimate of drug-likeness (QED) is 0.687. The Bertz CT molecular complexity index is 574. The number of hydrogen-bond donors (Lipinski definition) is 1. The summed E-state index contributed by atoms with van der Waals surface area (Å²) in [4.78, 5) is 22.7. The molecule has 114 valence electrons. The Kier molecular flexibility index (Phi) is 4.49. The highest BCUT2D eigenvalue weighted by atomic mass is 35.5. The summed E-state index contributed by atoms with van der Waals surface area (Å²) < 4.78 is 5.58. The van der Waals surface area contributed by atoms with Gasteiger partial charge in [0.2, 0.25) is 0 Å². The second kappa shape index (κ2) is 5.99. The Morgan fingerprint density at radius 2 is 2.24 bits per heavy atom. The molecule has 21 heavy (non-hydrogen) atoms. The molecule has 1 aromatic carbocycles. The molecule has 1 heterocycles. The molecular weight excluding hydrogens is 296 g/mol. The highest BCUT2D eigenvalue weighted by molar-refractivity contribution is 6.33. The second-order valence-electron chi connectivity index (χ2n) is 5.66. The predicted molar refractivity (Wildman–Crippen MR) is 78.6 cm³/mol. The number of halogens is 1. The molecule has 0 aliphatic carbocycles. The fourth-order valence-electron chi connectivity index (χ4n) is 2.50. The first-order chi connectivity index (χ1) is 9.80. The van der Waals surface area contributed by atoms with Gasteiger partial charge in [0.05, 0.1) is 10.5 Å². The van der Waals surface area contributed by atoms with Crippen molar-refractivity contribution in [1.82, 2.24) is 5.32 Å². The number of nitrogens with zero attached hydrogens (tertiary/aromatic N) is 1. The summed E-state index contributed by atoms with van der Waals surface area (Å²) in [5, 5.41) is 13.9. The van der Waals surface area contributed by atoms with Crippen LogP contribution in [0.5, 0.6) is 0 Å². The molecule has 1 amide bonds. The van der Waals surface area contributed by atoms with Crippen LogP contribution >= 0.6 is 11.6 Å². The first-order valence-corrected chi connectivity index (χ1v) is 7.06. The topological polar surface area (TPSA) is 81.5 Å². The van der Waals surface area contributed by atoms with Crippen LogP contribution in [-0.2, 0) is 4.74 Å². The van der Waals surface area contributed by atoms with Gasteiger partial charge in [-0.3, -0.25) is 14.9 Å². The Labute approximate surface area is 127 Å². The van der Waals surface area contributed by atoms with Crippen molar-refractivity contribution in [2.24, 2.45) is 0 Å². The number of para-hydroxylation sites is 1. The molecule has 6 nitrogen and oxygen atoms in total. The minimum absolute atomic E-state index is 0.0169. The van der Waals surface area contributed by atoms with Gasteiger partial charge in [0, 0.05) is 12.6 Å². The molecule has 0 bridgehead atoms. The van der Waals surface area contributed by atoms with Crippen molar-refractivity contribution in [3.05, 3.63) is 38.9 Å². The van der Waals surface area contributed by atoms with Gasteiger partial charge in [-0.2, -0.15) is 0 Å². The van der Waals surface area contributed by atoms with E-state index < -0.39 is 10.8 Å². The molecule has 0 saturated carbocycles. The van der Waals surface area contributed by atoms with Crippen molar-refractivity contribution in [2.45, 2.75) is 38.3 Å². The number of nitro groups is 1. The monoisotopic (exact) mass is 312 g/mol. The fourth-order valence-corrected chi connectivity index (χ4v) is 2.75. The maximum absolute atomic E-state index is 12.3. The van der Waals surface area contributed by atoms with E-state index in [1.54, 1.807) is 0 Å². The minimum atomic E-state index is -0.634. The van der Waals surface area contributed by atoms with Crippen molar-refractivity contribution in [3.63, 3.8) is 0 Å². The second-order valence-corrected chi connectivity index (χ2v) is 6.07.